The van der Waals surface area contributed by atoms with Crippen LogP contribution in [0, 0.1) is 10.8 Å². The minimum Gasteiger partial charge on any atom is -0.0591 e. The van der Waals surface area contributed by atoms with Crippen molar-refractivity contribution in [1.82, 2.24) is 0 Å². The Bertz CT molecular complexity index is 103. The Hall–Kier alpha value is 0. The molecule has 2 rings (SSSR count). The zero-order valence-corrected chi connectivity index (χ0v) is 5.12. The zero-order chi connectivity index (χ0) is 5.12. The van der Waals surface area contributed by atoms with E-state index in [4.69, 9.17) is 0 Å². The van der Waals surface area contributed by atoms with Gasteiger partial charge in [0.2, 0.25) is 0 Å². The smallest absolute Gasteiger partial charge is 0.0266 e. The standard InChI is InChI=1S/C7H12/c1-6-3-4-7(6,2)5-6/h3-5H2,1-2H3/t6-,7+. The van der Waals surface area contributed by atoms with E-state index in [1.54, 1.807) is 0 Å². The normalized spacial score (nSPS) is 66.0. The van der Waals surface area contributed by atoms with Crippen LogP contribution in [0.4, 0.5) is 0 Å². The highest BCUT2D eigenvalue weighted by Gasteiger charge is 2.67. The molecule has 0 aliphatic heterocycles. The zero-order valence-electron chi connectivity index (χ0n) is 5.12. The maximum atomic E-state index is 2.41. The van der Waals surface area contributed by atoms with Crippen LogP contribution in [0.15, 0.2) is 0 Å². The van der Waals surface area contributed by atoms with Crippen LogP contribution in [0.5, 0.6) is 0 Å². The SMILES string of the molecule is C[C@@]12CC[C@]1(C)C2. The van der Waals surface area contributed by atoms with Crippen LogP contribution >= 0.6 is 0 Å². The molecule has 0 aromatic rings. The molecule has 0 amide bonds. The van der Waals surface area contributed by atoms with Crippen molar-refractivity contribution in [3.8, 4) is 0 Å². The van der Waals surface area contributed by atoms with Gasteiger partial charge in [0.05, 0.1) is 0 Å². The van der Waals surface area contributed by atoms with Gasteiger partial charge >= 0.3 is 0 Å². The fraction of sp³-hybridized carbons (Fsp3) is 1.00. The van der Waals surface area contributed by atoms with Gasteiger partial charge in [-0.1, -0.05) is 13.8 Å². The first-order chi connectivity index (χ1) is 3.16. The third-order valence-corrected chi connectivity index (χ3v) is 3.34. The number of rotatable bonds is 0. The van der Waals surface area contributed by atoms with E-state index >= 15 is 0 Å². The highest BCUT2D eigenvalue weighted by atomic mass is 14.7. The molecule has 2 atom stereocenters. The summed E-state index contributed by atoms with van der Waals surface area (Å²) < 4.78 is 0. The Balaban J connectivity index is 2.26. The summed E-state index contributed by atoms with van der Waals surface area (Å²) in [4.78, 5) is 0. The Morgan fingerprint density at radius 2 is 1.43 bits per heavy atom. The van der Waals surface area contributed by atoms with Crippen molar-refractivity contribution in [2.75, 3.05) is 0 Å². The van der Waals surface area contributed by atoms with Gasteiger partial charge in [-0.05, 0) is 30.1 Å². The minimum absolute atomic E-state index is 0.826. The number of hydrogen-bond acceptors (Lipinski definition) is 0. The van der Waals surface area contributed by atoms with Gasteiger partial charge in [-0.3, -0.25) is 0 Å². The van der Waals surface area contributed by atoms with E-state index in [9.17, 15) is 0 Å². The highest BCUT2D eigenvalue weighted by Crippen LogP contribution is 2.77. The molecule has 0 radical (unpaired) electrons. The molecular formula is C7H12. The molecule has 0 N–H and O–H groups in total. The quantitative estimate of drug-likeness (QED) is 0.433. The first-order valence-corrected chi connectivity index (χ1v) is 3.16. The average molecular weight is 96.2 g/mol. The first-order valence-electron chi connectivity index (χ1n) is 3.16. The van der Waals surface area contributed by atoms with Crippen LogP contribution in [-0.2, 0) is 0 Å². The summed E-state index contributed by atoms with van der Waals surface area (Å²) in [5.74, 6) is 0. The predicted octanol–water partition coefficient (Wildman–Crippen LogP) is 2.20. The lowest BCUT2D eigenvalue weighted by Crippen LogP contribution is -2.18. The van der Waals surface area contributed by atoms with E-state index in [0.717, 1.165) is 10.8 Å². The lowest BCUT2D eigenvalue weighted by Gasteiger charge is -2.28. The first kappa shape index (κ1) is 3.94. The third kappa shape index (κ3) is 0.240. The number of fused-ring (bicyclic) bond motifs is 1. The van der Waals surface area contributed by atoms with Gasteiger partial charge < -0.3 is 0 Å². The second kappa shape index (κ2) is 0.667. The van der Waals surface area contributed by atoms with Crippen molar-refractivity contribution in [1.29, 1.82) is 0 Å². The average Bonchev–Trinajstić information content (AvgIpc) is 1.89. The fourth-order valence-corrected chi connectivity index (χ4v) is 1.97. The van der Waals surface area contributed by atoms with Crippen molar-refractivity contribution in [2.45, 2.75) is 33.1 Å². The number of hydrogen-bond donors (Lipinski definition) is 0. The highest BCUT2D eigenvalue weighted by molar-refractivity contribution is 5.17. The van der Waals surface area contributed by atoms with Crippen LogP contribution in [0.25, 0.3) is 0 Å². The van der Waals surface area contributed by atoms with Crippen molar-refractivity contribution in [3.05, 3.63) is 0 Å². The molecular weight excluding hydrogens is 84.1 g/mol. The summed E-state index contributed by atoms with van der Waals surface area (Å²) in [6.45, 7) is 4.83. The van der Waals surface area contributed by atoms with Crippen molar-refractivity contribution >= 4 is 0 Å². The van der Waals surface area contributed by atoms with Crippen LogP contribution in [0.1, 0.15) is 33.1 Å². The molecule has 40 valence electrons. The van der Waals surface area contributed by atoms with E-state index < -0.39 is 0 Å². The Labute approximate surface area is 44.9 Å². The Morgan fingerprint density at radius 1 is 1.00 bits per heavy atom. The topological polar surface area (TPSA) is 0 Å². The molecule has 0 unspecified atom stereocenters. The lowest BCUT2D eigenvalue weighted by atomic mass is 9.77. The van der Waals surface area contributed by atoms with Crippen molar-refractivity contribution in [3.63, 3.8) is 0 Å². The fourth-order valence-electron chi connectivity index (χ4n) is 1.97. The maximum absolute atomic E-state index is 2.41. The third-order valence-electron chi connectivity index (χ3n) is 3.34. The molecule has 0 heterocycles. The summed E-state index contributed by atoms with van der Waals surface area (Å²) >= 11 is 0. The summed E-state index contributed by atoms with van der Waals surface area (Å²) in [6, 6.07) is 0. The van der Waals surface area contributed by atoms with Gasteiger partial charge in [-0.25, -0.2) is 0 Å². The van der Waals surface area contributed by atoms with Gasteiger partial charge in [0.25, 0.3) is 0 Å². The second-order valence-corrected chi connectivity index (χ2v) is 3.80. The monoisotopic (exact) mass is 96.1 g/mol. The molecule has 0 nitrogen and oxygen atoms in total. The molecule has 0 aromatic heterocycles. The molecule has 7 heavy (non-hydrogen) atoms. The molecule has 0 heteroatoms. The largest absolute Gasteiger partial charge is 0.0591 e. The van der Waals surface area contributed by atoms with Gasteiger partial charge in [0.1, 0.15) is 0 Å². The van der Waals surface area contributed by atoms with Crippen LogP contribution in [-0.4, -0.2) is 0 Å². The van der Waals surface area contributed by atoms with E-state index in [1.807, 2.05) is 0 Å². The van der Waals surface area contributed by atoms with E-state index in [2.05, 4.69) is 13.8 Å². The Morgan fingerprint density at radius 3 is 1.43 bits per heavy atom. The summed E-state index contributed by atoms with van der Waals surface area (Å²) in [5.41, 5.74) is 1.65. The maximum Gasteiger partial charge on any atom is -0.0266 e. The molecule has 0 saturated heterocycles. The molecule has 2 aliphatic carbocycles. The van der Waals surface area contributed by atoms with Gasteiger partial charge in [-0.2, -0.15) is 0 Å². The Kier molecular flexibility index (Phi) is 0.375. The van der Waals surface area contributed by atoms with E-state index in [-0.39, 0.29) is 0 Å². The van der Waals surface area contributed by atoms with Gasteiger partial charge in [0, 0.05) is 0 Å². The lowest BCUT2D eigenvalue weighted by molar-refractivity contribution is 0.219. The van der Waals surface area contributed by atoms with Crippen LogP contribution in [0.3, 0.4) is 0 Å². The minimum atomic E-state index is 0.826. The van der Waals surface area contributed by atoms with Crippen molar-refractivity contribution in [2.24, 2.45) is 10.8 Å². The van der Waals surface area contributed by atoms with E-state index in [1.165, 1.54) is 19.3 Å². The molecule has 0 bridgehead atoms. The predicted molar refractivity (Wildman–Crippen MR) is 30.1 cm³/mol. The summed E-state index contributed by atoms with van der Waals surface area (Å²) in [5, 5.41) is 0. The molecule has 0 aromatic carbocycles. The van der Waals surface area contributed by atoms with Crippen molar-refractivity contribution < 1.29 is 0 Å². The second-order valence-electron chi connectivity index (χ2n) is 3.80. The van der Waals surface area contributed by atoms with Crippen LogP contribution in [0.2, 0.25) is 0 Å². The van der Waals surface area contributed by atoms with Gasteiger partial charge in [0.15, 0.2) is 0 Å². The molecule has 0 spiro atoms. The molecule has 2 aliphatic rings. The summed E-state index contributed by atoms with van der Waals surface area (Å²) in [7, 11) is 0. The summed E-state index contributed by atoms with van der Waals surface area (Å²) in [6.07, 6.45) is 4.52. The van der Waals surface area contributed by atoms with Crippen LogP contribution < -0.4 is 0 Å². The van der Waals surface area contributed by atoms with E-state index in [0.29, 0.717) is 0 Å². The molecule has 2 saturated carbocycles. The van der Waals surface area contributed by atoms with Gasteiger partial charge in [-0.15, -0.1) is 0 Å². The molecule has 2 fully saturated rings.